The Labute approximate surface area is 277 Å². The molecule has 0 N–H and O–H groups in total. The molecule has 4 heteroatoms. The minimum Gasteiger partial charge on any atom is -0.309 e. The third-order valence-corrected chi connectivity index (χ3v) is 9.64. The van der Waals surface area contributed by atoms with Crippen LogP contribution in [0.15, 0.2) is 170 Å². The highest BCUT2D eigenvalue weighted by molar-refractivity contribution is 6.34. The summed E-state index contributed by atoms with van der Waals surface area (Å²) in [6, 6.07) is 56.5. The third kappa shape index (κ3) is 3.96. The summed E-state index contributed by atoms with van der Waals surface area (Å²) >= 11 is 0. The Hall–Kier alpha value is -6.52. The van der Waals surface area contributed by atoms with E-state index in [1.807, 2.05) is 24.3 Å². The smallest absolute Gasteiger partial charge is 0.234 e. The van der Waals surface area contributed by atoms with Crippen molar-refractivity contribution < 1.29 is 0 Å². The summed E-state index contributed by atoms with van der Waals surface area (Å²) in [7, 11) is 0. The van der Waals surface area contributed by atoms with Gasteiger partial charge in [-0.2, -0.15) is 0 Å². The van der Waals surface area contributed by atoms with Gasteiger partial charge >= 0.3 is 0 Å². The molecule has 0 aliphatic carbocycles. The van der Waals surface area contributed by atoms with Crippen molar-refractivity contribution in [2.45, 2.75) is 0 Å². The topological polar surface area (TPSA) is 34.0 Å². The van der Waals surface area contributed by atoms with Crippen molar-refractivity contribution in [2.24, 2.45) is 0 Å². The molecular weight excluding hydrogens is 585 g/mol. The minimum atomic E-state index is 0.638. The van der Waals surface area contributed by atoms with E-state index < -0.39 is 0 Å². The van der Waals surface area contributed by atoms with Gasteiger partial charge in [-0.3, -0.25) is 4.90 Å². The highest BCUT2D eigenvalue weighted by Gasteiger charge is 2.20. The number of fused-ring (bicyclic) bond motifs is 4. The van der Waals surface area contributed by atoms with Crippen molar-refractivity contribution in [3.05, 3.63) is 170 Å². The predicted octanol–water partition coefficient (Wildman–Crippen LogP) is 11.6. The molecule has 0 aliphatic heterocycles. The maximum Gasteiger partial charge on any atom is 0.234 e. The van der Waals surface area contributed by atoms with Crippen LogP contribution in [0.1, 0.15) is 0 Å². The highest BCUT2D eigenvalue weighted by atomic mass is 15.3. The molecule has 0 amide bonds. The van der Waals surface area contributed by atoms with Crippen molar-refractivity contribution >= 4 is 71.4 Å². The van der Waals surface area contributed by atoms with Crippen LogP contribution in [0.3, 0.4) is 0 Å². The summed E-state index contributed by atoms with van der Waals surface area (Å²) < 4.78 is 2.41. The van der Waals surface area contributed by atoms with Gasteiger partial charge in [0.2, 0.25) is 5.95 Å². The maximum atomic E-state index is 4.57. The van der Waals surface area contributed by atoms with Gasteiger partial charge in [0.15, 0.2) is 0 Å². The second-order valence-corrected chi connectivity index (χ2v) is 12.3. The Balaban J connectivity index is 1.17. The van der Waals surface area contributed by atoms with Gasteiger partial charge in [0, 0.05) is 40.2 Å². The maximum absolute atomic E-state index is 4.57. The third-order valence-electron chi connectivity index (χ3n) is 9.64. The molecule has 4 nitrogen and oxygen atoms in total. The lowest BCUT2D eigenvalue weighted by Crippen LogP contribution is -2.12. The standard InChI is InChI=1S/C44H28N4/c1-3-10-32(11-4-1)47(44-45-26-9-27-46-44)34-21-16-29(17-22-34)35-23-18-30-19-25-38-42-31(20-24-36(35)41(30)42)28-40-43(38)37-14-7-8-15-39(37)48(40)33-12-5-2-6-13-33/h1-28H. The zero-order valence-corrected chi connectivity index (χ0v) is 26.0. The fourth-order valence-corrected chi connectivity index (χ4v) is 7.59. The van der Waals surface area contributed by atoms with Crippen LogP contribution >= 0.6 is 0 Å². The lowest BCUT2D eigenvalue weighted by Gasteiger charge is -2.23. The number of aromatic nitrogens is 3. The van der Waals surface area contributed by atoms with Crippen LogP contribution < -0.4 is 4.90 Å². The first-order chi connectivity index (χ1) is 23.8. The number of para-hydroxylation sites is 3. The Morgan fingerprint density at radius 3 is 1.90 bits per heavy atom. The molecule has 0 atom stereocenters. The number of benzene rings is 8. The van der Waals surface area contributed by atoms with Gasteiger partial charge in [-0.25, -0.2) is 9.97 Å². The number of hydrogen-bond donors (Lipinski definition) is 0. The van der Waals surface area contributed by atoms with E-state index in [4.69, 9.17) is 0 Å². The second-order valence-electron chi connectivity index (χ2n) is 12.3. The van der Waals surface area contributed by atoms with Crippen molar-refractivity contribution in [3.63, 3.8) is 0 Å². The monoisotopic (exact) mass is 612 g/mol. The summed E-state index contributed by atoms with van der Waals surface area (Å²) in [4.78, 5) is 11.2. The Morgan fingerprint density at radius 1 is 0.438 bits per heavy atom. The van der Waals surface area contributed by atoms with E-state index in [2.05, 4.69) is 153 Å². The Bertz CT molecular complexity index is 2710. The van der Waals surface area contributed by atoms with E-state index in [1.54, 1.807) is 12.4 Å². The van der Waals surface area contributed by atoms with E-state index in [9.17, 15) is 0 Å². The molecule has 0 aliphatic rings. The Kier molecular flexibility index (Phi) is 5.84. The molecule has 10 aromatic rings. The quantitative estimate of drug-likeness (QED) is 0.181. The number of hydrogen-bond acceptors (Lipinski definition) is 3. The molecule has 0 bridgehead atoms. The summed E-state index contributed by atoms with van der Waals surface area (Å²) in [6.07, 6.45) is 3.56. The van der Waals surface area contributed by atoms with Crippen molar-refractivity contribution in [3.8, 4) is 16.8 Å². The SMILES string of the molecule is c1ccc(N(c2ccc(-c3ccc4ccc5c6c(ccc3c46)cc3c5c4ccccc4n3-c3ccccc3)cc2)c2ncccn2)cc1. The normalized spacial score (nSPS) is 11.8. The van der Waals surface area contributed by atoms with E-state index in [0.717, 1.165) is 11.4 Å². The number of nitrogens with zero attached hydrogens (tertiary/aromatic N) is 4. The van der Waals surface area contributed by atoms with Gasteiger partial charge in [-0.1, -0.05) is 103 Å². The average Bonchev–Trinajstić information content (AvgIpc) is 3.49. The molecular formula is C44H28N4. The molecule has 48 heavy (non-hydrogen) atoms. The van der Waals surface area contributed by atoms with Crippen LogP contribution in [0, 0.1) is 0 Å². The first kappa shape index (κ1) is 26.7. The molecule has 10 rings (SSSR count). The van der Waals surface area contributed by atoms with Gasteiger partial charge in [-0.15, -0.1) is 0 Å². The summed E-state index contributed by atoms with van der Waals surface area (Å²) in [5, 5.41) is 10.3. The lowest BCUT2D eigenvalue weighted by molar-refractivity contribution is 1.08. The summed E-state index contributed by atoms with van der Waals surface area (Å²) in [5.74, 6) is 0.638. The predicted molar refractivity (Wildman–Crippen MR) is 200 cm³/mol. The van der Waals surface area contributed by atoms with Crippen LogP contribution in [0.2, 0.25) is 0 Å². The summed E-state index contributed by atoms with van der Waals surface area (Å²) in [6.45, 7) is 0. The minimum absolute atomic E-state index is 0.638. The van der Waals surface area contributed by atoms with Crippen LogP contribution in [0.5, 0.6) is 0 Å². The first-order valence-corrected chi connectivity index (χ1v) is 16.3. The average molecular weight is 613 g/mol. The van der Waals surface area contributed by atoms with Crippen molar-refractivity contribution in [1.82, 2.24) is 14.5 Å². The molecule has 8 aromatic carbocycles. The first-order valence-electron chi connectivity index (χ1n) is 16.3. The van der Waals surface area contributed by atoms with Crippen LogP contribution in [0.25, 0.3) is 70.9 Å². The zero-order valence-electron chi connectivity index (χ0n) is 26.0. The molecule has 0 radical (unpaired) electrons. The van der Waals surface area contributed by atoms with Gasteiger partial charge < -0.3 is 4.57 Å². The number of anilines is 3. The fraction of sp³-hybridized carbons (Fsp3) is 0. The van der Waals surface area contributed by atoms with Crippen molar-refractivity contribution in [2.75, 3.05) is 4.90 Å². The largest absolute Gasteiger partial charge is 0.309 e. The van der Waals surface area contributed by atoms with Crippen LogP contribution in [-0.2, 0) is 0 Å². The highest BCUT2D eigenvalue weighted by Crippen LogP contribution is 2.45. The van der Waals surface area contributed by atoms with Crippen LogP contribution in [-0.4, -0.2) is 14.5 Å². The van der Waals surface area contributed by atoms with E-state index in [-0.39, 0.29) is 0 Å². The zero-order chi connectivity index (χ0) is 31.6. The Morgan fingerprint density at radius 2 is 1.08 bits per heavy atom. The van der Waals surface area contributed by atoms with E-state index in [0.29, 0.717) is 5.95 Å². The molecule has 0 unspecified atom stereocenters. The summed E-state index contributed by atoms with van der Waals surface area (Å²) in [5.41, 5.74) is 8.04. The molecule has 0 saturated carbocycles. The molecule has 2 heterocycles. The van der Waals surface area contributed by atoms with Gasteiger partial charge in [-0.05, 0) is 98.0 Å². The van der Waals surface area contributed by atoms with Crippen molar-refractivity contribution in [1.29, 1.82) is 0 Å². The van der Waals surface area contributed by atoms with E-state index >= 15 is 0 Å². The molecule has 0 fully saturated rings. The second kappa shape index (κ2) is 10.5. The van der Waals surface area contributed by atoms with E-state index in [1.165, 1.54) is 70.9 Å². The number of rotatable bonds is 5. The van der Waals surface area contributed by atoms with Gasteiger partial charge in [0.25, 0.3) is 0 Å². The van der Waals surface area contributed by atoms with Gasteiger partial charge in [0.1, 0.15) is 0 Å². The molecule has 2 aromatic heterocycles. The lowest BCUT2D eigenvalue weighted by atomic mass is 9.88. The molecule has 0 saturated heterocycles. The fourth-order valence-electron chi connectivity index (χ4n) is 7.59. The molecule has 224 valence electrons. The van der Waals surface area contributed by atoms with Crippen LogP contribution in [0.4, 0.5) is 17.3 Å². The molecule has 0 spiro atoms. The van der Waals surface area contributed by atoms with Gasteiger partial charge in [0.05, 0.1) is 11.0 Å².